The lowest BCUT2D eigenvalue weighted by Gasteiger charge is -1.99. The summed E-state index contributed by atoms with van der Waals surface area (Å²) in [5, 5.41) is 10.1. The third-order valence-corrected chi connectivity index (χ3v) is 2.43. The van der Waals surface area contributed by atoms with Crippen molar-refractivity contribution in [3.8, 4) is 0 Å². The third-order valence-electron chi connectivity index (χ3n) is 1.69. The summed E-state index contributed by atoms with van der Waals surface area (Å²) in [6, 6.07) is 3.49. The molecule has 2 heterocycles. The zero-order valence-corrected chi connectivity index (χ0v) is 8.08. The molecule has 4 nitrogen and oxygen atoms in total. The second kappa shape index (κ2) is 4.06. The molecule has 72 valence electrons. The minimum atomic E-state index is -0.242. The molecule has 1 amide bonds. The third kappa shape index (κ3) is 2.00. The van der Waals surface area contributed by atoms with Crippen LogP contribution in [-0.2, 0) is 6.54 Å². The van der Waals surface area contributed by atoms with Gasteiger partial charge in [0.1, 0.15) is 0 Å². The number of nitrogens with zero attached hydrogens (tertiary/aromatic N) is 1. The average Bonchev–Trinajstić information content (AvgIpc) is 2.87. The fraction of sp³-hybridized carbons (Fsp3) is 0.111. The fourth-order valence-electron chi connectivity index (χ4n) is 0.996. The maximum atomic E-state index is 11.4. The molecule has 2 aromatic rings. The number of nitrogens with one attached hydrogen (secondary N) is 1. The van der Waals surface area contributed by atoms with Crippen LogP contribution in [-0.4, -0.2) is 11.1 Å². The van der Waals surface area contributed by atoms with E-state index in [4.69, 9.17) is 4.52 Å². The first-order valence-corrected chi connectivity index (χ1v) is 5.00. The van der Waals surface area contributed by atoms with Crippen molar-refractivity contribution in [2.45, 2.75) is 6.54 Å². The molecule has 5 heteroatoms. The molecule has 1 N–H and O–H groups in total. The Labute approximate surface area is 84.5 Å². The Balaban J connectivity index is 1.90. The van der Waals surface area contributed by atoms with Gasteiger partial charge in [-0.3, -0.25) is 4.79 Å². The molecule has 0 radical (unpaired) electrons. The van der Waals surface area contributed by atoms with E-state index < -0.39 is 0 Å². The molecule has 0 saturated heterocycles. The minimum Gasteiger partial charge on any atom is -0.351 e. The smallest absolute Gasteiger partial charge is 0.290 e. The minimum absolute atomic E-state index is 0.236. The summed E-state index contributed by atoms with van der Waals surface area (Å²) in [5.74, 6) is -0.00562. The van der Waals surface area contributed by atoms with E-state index in [0.717, 1.165) is 5.56 Å². The molecular formula is C9H8N2O2S. The van der Waals surface area contributed by atoms with Crippen molar-refractivity contribution < 1.29 is 9.32 Å². The van der Waals surface area contributed by atoms with E-state index in [1.165, 1.54) is 12.3 Å². The summed E-state index contributed by atoms with van der Waals surface area (Å²) in [6.07, 6.45) is 1.44. The van der Waals surface area contributed by atoms with Crippen LogP contribution >= 0.6 is 11.3 Å². The van der Waals surface area contributed by atoms with E-state index in [9.17, 15) is 4.79 Å². The second-order valence-corrected chi connectivity index (χ2v) is 3.47. The van der Waals surface area contributed by atoms with Crippen LogP contribution in [0.4, 0.5) is 0 Å². The Hall–Kier alpha value is -1.62. The molecule has 0 spiro atoms. The first kappa shape index (κ1) is 8.96. The first-order chi connectivity index (χ1) is 6.86. The van der Waals surface area contributed by atoms with Crippen molar-refractivity contribution in [2.24, 2.45) is 0 Å². The Kier molecular flexibility index (Phi) is 2.60. The number of carbonyl (C=O) groups is 1. The van der Waals surface area contributed by atoms with Crippen LogP contribution in [0.25, 0.3) is 0 Å². The Morgan fingerprint density at radius 3 is 3.14 bits per heavy atom. The zero-order valence-electron chi connectivity index (χ0n) is 7.27. The van der Waals surface area contributed by atoms with Crippen molar-refractivity contribution in [1.82, 2.24) is 10.5 Å². The van der Waals surface area contributed by atoms with Crippen molar-refractivity contribution in [3.63, 3.8) is 0 Å². The average molecular weight is 208 g/mol. The van der Waals surface area contributed by atoms with Gasteiger partial charge in [-0.15, -0.1) is 0 Å². The highest BCUT2D eigenvalue weighted by Gasteiger charge is 2.08. The van der Waals surface area contributed by atoms with Gasteiger partial charge in [0.15, 0.2) is 0 Å². The van der Waals surface area contributed by atoms with Crippen LogP contribution in [0, 0.1) is 0 Å². The van der Waals surface area contributed by atoms with Gasteiger partial charge < -0.3 is 9.84 Å². The highest BCUT2D eigenvalue weighted by atomic mass is 32.1. The molecule has 0 bridgehead atoms. The van der Waals surface area contributed by atoms with Crippen LogP contribution in [0.1, 0.15) is 16.1 Å². The number of amides is 1. The predicted molar refractivity (Wildman–Crippen MR) is 52.0 cm³/mol. The van der Waals surface area contributed by atoms with E-state index in [0.29, 0.717) is 6.54 Å². The molecule has 0 aliphatic heterocycles. The standard InChI is InChI=1S/C9H8N2O2S/c12-9(8-1-3-11-13-8)10-5-7-2-4-14-6-7/h1-4,6H,5H2,(H,10,12). The van der Waals surface area contributed by atoms with Crippen LogP contribution in [0.15, 0.2) is 33.6 Å². The van der Waals surface area contributed by atoms with E-state index in [2.05, 4.69) is 10.5 Å². The summed E-state index contributed by atoms with van der Waals surface area (Å²) >= 11 is 1.60. The molecule has 0 atom stereocenters. The molecule has 0 aliphatic carbocycles. The lowest BCUT2D eigenvalue weighted by molar-refractivity contribution is 0.0914. The summed E-state index contributed by atoms with van der Waals surface area (Å²) in [4.78, 5) is 11.4. The van der Waals surface area contributed by atoms with Gasteiger partial charge in [-0.1, -0.05) is 5.16 Å². The van der Waals surface area contributed by atoms with Crippen molar-refractivity contribution >= 4 is 17.2 Å². The van der Waals surface area contributed by atoms with E-state index in [-0.39, 0.29) is 11.7 Å². The van der Waals surface area contributed by atoms with Gasteiger partial charge in [-0.25, -0.2) is 0 Å². The molecule has 2 rings (SSSR count). The molecule has 0 aromatic carbocycles. The molecule has 2 aromatic heterocycles. The van der Waals surface area contributed by atoms with Crippen molar-refractivity contribution in [2.75, 3.05) is 0 Å². The van der Waals surface area contributed by atoms with E-state index >= 15 is 0 Å². The van der Waals surface area contributed by atoms with E-state index in [1.807, 2.05) is 16.8 Å². The van der Waals surface area contributed by atoms with Gasteiger partial charge in [-0.2, -0.15) is 11.3 Å². The quantitative estimate of drug-likeness (QED) is 0.834. The maximum absolute atomic E-state index is 11.4. The van der Waals surface area contributed by atoms with Crippen LogP contribution in [0.2, 0.25) is 0 Å². The summed E-state index contributed by atoms with van der Waals surface area (Å²) < 4.78 is 4.71. The predicted octanol–water partition coefficient (Wildman–Crippen LogP) is 1.67. The van der Waals surface area contributed by atoms with Gasteiger partial charge in [-0.05, 0) is 22.4 Å². The lowest BCUT2D eigenvalue weighted by atomic mass is 10.3. The molecular weight excluding hydrogens is 200 g/mol. The first-order valence-electron chi connectivity index (χ1n) is 4.06. The summed E-state index contributed by atoms with van der Waals surface area (Å²) in [7, 11) is 0. The highest BCUT2D eigenvalue weighted by molar-refractivity contribution is 7.07. The number of aromatic nitrogens is 1. The normalized spacial score (nSPS) is 10.0. The highest BCUT2D eigenvalue weighted by Crippen LogP contribution is 2.05. The van der Waals surface area contributed by atoms with Gasteiger partial charge in [0.25, 0.3) is 5.91 Å². The van der Waals surface area contributed by atoms with Crippen LogP contribution < -0.4 is 5.32 Å². The number of thiophene rings is 1. The fourth-order valence-corrected chi connectivity index (χ4v) is 1.66. The second-order valence-electron chi connectivity index (χ2n) is 2.69. The molecule has 0 aliphatic rings. The maximum Gasteiger partial charge on any atom is 0.290 e. The van der Waals surface area contributed by atoms with Crippen LogP contribution in [0.3, 0.4) is 0 Å². The SMILES string of the molecule is O=C(NCc1ccsc1)c1ccno1. The Morgan fingerprint density at radius 1 is 1.57 bits per heavy atom. The van der Waals surface area contributed by atoms with Gasteiger partial charge >= 0.3 is 0 Å². The number of carbonyl (C=O) groups excluding carboxylic acids is 1. The Bertz CT molecular complexity index is 394. The topological polar surface area (TPSA) is 55.1 Å². The number of hydrogen-bond acceptors (Lipinski definition) is 4. The largest absolute Gasteiger partial charge is 0.351 e. The molecule has 14 heavy (non-hydrogen) atoms. The van der Waals surface area contributed by atoms with E-state index in [1.54, 1.807) is 11.3 Å². The monoisotopic (exact) mass is 208 g/mol. The van der Waals surface area contributed by atoms with Crippen molar-refractivity contribution in [3.05, 3.63) is 40.4 Å². The lowest BCUT2D eigenvalue weighted by Crippen LogP contribution is -2.21. The summed E-state index contributed by atoms with van der Waals surface area (Å²) in [6.45, 7) is 0.517. The zero-order chi connectivity index (χ0) is 9.80. The van der Waals surface area contributed by atoms with Gasteiger partial charge in [0.2, 0.25) is 5.76 Å². The number of rotatable bonds is 3. The van der Waals surface area contributed by atoms with Crippen LogP contribution in [0.5, 0.6) is 0 Å². The van der Waals surface area contributed by atoms with Gasteiger partial charge in [0, 0.05) is 12.6 Å². The molecule has 0 saturated carbocycles. The van der Waals surface area contributed by atoms with Crippen molar-refractivity contribution in [1.29, 1.82) is 0 Å². The Morgan fingerprint density at radius 2 is 2.50 bits per heavy atom. The summed E-state index contributed by atoms with van der Waals surface area (Å²) in [5.41, 5.74) is 1.09. The molecule has 0 fully saturated rings. The van der Waals surface area contributed by atoms with Gasteiger partial charge in [0.05, 0.1) is 6.20 Å². The number of hydrogen-bond donors (Lipinski definition) is 1. The molecule has 0 unspecified atom stereocenters.